The van der Waals surface area contributed by atoms with Crippen LogP contribution in [0.25, 0.3) is 0 Å². The average Bonchev–Trinajstić information content (AvgIpc) is 2.19. The molecule has 1 atom stereocenters. The highest BCUT2D eigenvalue weighted by Crippen LogP contribution is 2.05. The summed E-state index contributed by atoms with van der Waals surface area (Å²) in [6, 6.07) is -0.193. The van der Waals surface area contributed by atoms with Crippen molar-refractivity contribution in [1.82, 2.24) is 10.6 Å². The Hall–Kier alpha value is -0.610. The smallest absolute Gasteiger partial charge is 0.322 e. The van der Waals surface area contributed by atoms with Crippen LogP contribution in [0.4, 0.5) is 0 Å². The van der Waals surface area contributed by atoms with Crippen molar-refractivity contribution in [2.24, 2.45) is 5.92 Å². The molecule has 4 heteroatoms. The Bertz CT molecular complexity index is 222. The molecule has 0 aliphatic heterocycles. The predicted molar refractivity (Wildman–Crippen MR) is 71.0 cm³/mol. The molecule has 0 amide bonds. The summed E-state index contributed by atoms with van der Waals surface area (Å²) >= 11 is 0. The van der Waals surface area contributed by atoms with Crippen LogP contribution < -0.4 is 10.6 Å². The molecule has 0 radical (unpaired) electrons. The predicted octanol–water partition coefficient (Wildman–Crippen LogP) is 1.55. The van der Waals surface area contributed by atoms with E-state index in [2.05, 4.69) is 45.3 Å². The van der Waals surface area contributed by atoms with Crippen LogP contribution in [0.5, 0.6) is 0 Å². The van der Waals surface area contributed by atoms with E-state index in [9.17, 15) is 4.79 Å². The standard InChI is InChI=1S/C13H28N2O2/c1-10(2)9-11(12(16)17-6)14-7-8-15-13(3,4)5/h10-11,14-15H,7-9H2,1-6H3. The van der Waals surface area contributed by atoms with Crippen LogP contribution in [-0.4, -0.2) is 37.7 Å². The van der Waals surface area contributed by atoms with Gasteiger partial charge in [-0.15, -0.1) is 0 Å². The number of carbonyl (C=O) groups is 1. The number of methoxy groups -OCH3 is 1. The largest absolute Gasteiger partial charge is 0.468 e. The van der Waals surface area contributed by atoms with Gasteiger partial charge in [-0.3, -0.25) is 4.79 Å². The van der Waals surface area contributed by atoms with E-state index in [1.165, 1.54) is 7.11 Å². The van der Waals surface area contributed by atoms with Gasteiger partial charge < -0.3 is 15.4 Å². The van der Waals surface area contributed by atoms with Gasteiger partial charge in [0.25, 0.3) is 0 Å². The molecule has 0 fully saturated rings. The van der Waals surface area contributed by atoms with Gasteiger partial charge in [0.05, 0.1) is 7.11 Å². The van der Waals surface area contributed by atoms with Crippen molar-refractivity contribution in [2.45, 2.75) is 52.6 Å². The molecular weight excluding hydrogens is 216 g/mol. The number of hydrogen-bond donors (Lipinski definition) is 2. The molecule has 0 saturated carbocycles. The SMILES string of the molecule is COC(=O)C(CC(C)C)NCCNC(C)(C)C. The quantitative estimate of drug-likeness (QED) is 0.527. The van der Waals surface area contributed by atoms with E-state index in [1.54, 1.807) is 0 Å². The van der Waals surface area contributed by atoms with Crippen molar-refractivity contribution in [3.8, 4) is 0 Å². The van der Waals surface area contributed by atoms with Crippen LogP contribution in [0.15, 0.2) is 0 Å². The van der Waals surface area contributed by atoms with Crippen LogP contribution in [0.2, 0.25) is 0 Å². The van der Waals surface area contributed by atoms with Gasteiger partial charge in [0.15, 0.2) is 0 Å². The summed E-state index contributed by atoms with van der Waals surface area (Å²) in [6.45, 7) is 12.2. The molecule has 0 spiro atoms. The lowest BCUT2D eigenvalue weighted by molar-refractivity contribution is -0.143. The van der Waals surface area contributed by atoms with Gasteiger partial charge in [0, 0.05) is 18.6 Å². The monoisotopic (exact) mass is 244 g/mol. The van der Waals surface area contributed by atoms with Gasteiger partial charge in [0.2, 0.25) is 0 Å². The highest BCUT2D eigenvalue weighted by atomic mass is 16.5. The molecule has 1 unspecified atom stereocenters. The molecule has 4 nitrogen and oxygen atoms in total. The molecule has 0 rings (SSSR count). The highest BCUT2D eigenvalue weighted by molar-refractivity contribution is 5.75. The minimum absolute atomic E-state index is 0.112. The maximum Gasteiger partial charge on any atom is 0.322 e. The van der Waals surface area contributed by atoms with E-state index in [1.807, 2.05) is 0 Å². The zero-order chi connectivity index (χ0) is 13.5. The second-order valence-electron chi connectivity index (χ2n) is 5.84. The maximum atomic E-state index is 11.5. The number of rotatable bonds is 7. The van der Waals surface area contributed by atoms with Crippen LogP contribution in [-0.2, 0) is 9.53 Å². The number of esters is 1. The maximum absolute atomic E-state index is 11.5. The molecule has 2 N–H and O–H groups in total. The fourth-order valence-electron chi connectivity index (χ4n) is 1.56. The lowest BCUT2D eigenvalue weighted by Crippen LogP contribution is -2.45. The first kappa shape index (κ1) is 16.4. The van der Waals surface area contributed by atoms with Gasteiger partial charge in [-0.2, -0.15) is 0 Å². The minimum Gasteiger partial charge on any atom is -0.468 e. The van der Waals surface area contributed by atoms with Crippen molar-refractivity contribution in [2.75, 3.05) is 20.2 Å². The molecular formula is C13H28N2O2. The summed E-state index contributed by atoms with van der Waals surface area (Å²) in [5, 5.41) is 6.61. The Morgan fingerprint density at radius 3 is 2.24 bits per heavy atom. The summed E-state index contributed by atoms with van der Waals surface area (Å²) in [4.78, 5) is 11.5. The van der Waals surface area contributed by atoms with Crippen molar-refractivity contribution in [3.63, 3.8) is 0 Å². The molecule has 102 valence electrons. The number of carbonyl (C=O) groups excluding carboxylic acids is 1. The van der Waals surface area contributed by atoms with Crippen LogP contribution >= 0.6 is 0 Å². The van der Waals surface area contributed by atoms with E-state index in [0.717, 1.165) is 19.5 Å². The van der Waals surface area contributed by atoms with E-state index >= 15 is 0 Å². The number of ether oxygens (including phenoxy) is 1. The Morgan fingerprint density at radius 2 is 1.82 bits per heavy atom. The zero-order valence-corrected chi connectivity index (χ0v) is 12.1. The van der Waals surface area contributed by atoms with Gasteiger partial charge in [-0.25, -0.2) is 0 Å². The third-order valence-corrected chi connectivity index (χ3v) is 2.36. The second-order valence-corrected chi connectivity index (χ2v) is 5.84. The van der Waals surface area contributed by atoms with Crippen molar-refractivity contribution < 1.29 is 9.53 Å². The fraction of sp³-hybridized carbons (Fsp3) is 0.923. The summed E-state index contributed by atoms with van der Waals surface area (Å²) in [5.74, 6) is 0.302. The molecule has 0 aromatic rings. The molecule has 17 heavy (non-hydrogen) atoms. The Balaban J connectivity index is 3.96. The average molecular weight is 244 g/mol. The lowest BCUT2D eigenvalue weighted by atomic mass is 10.0. The second kappa shape index (κ2) is 7.67. The van der Waals surface area contributed by atoms with Crippen LogP contribution in [0.1, 0.15) is 41.0 Å². The molecule has 0 aromatic carbocycles. The Kier molecular flexibility index (Phi) is 7.39. The molecule has 0 heterocycles. The van der Waals surface area contributed by atoms with Gasteiger partial charge in [-0.1, -0.05) is 13.8 Å². The van der Waals surface area contributed by atoms with E-state index in [-0.39, 0.29) is 17.6 Å². The van der Waals surface area contributed by atoms with Gasteiger partial charge >= 0.3 is 5.97 Å². The lowest BCUT2D eigenvalue weighted by Gasteiger charge is -2.22. The molecule has 0 aliphatic carbocycles. The van der Waals surface area contributed by atoms with Crippen molar-refractivity contribution in [1.29, 1.82) is 0 Å². The summed E-state index contributed by atoms with van der Waals surface area (Å²) in [7, 11) is 1.44. The molecule has 0 bridgehead atoms. The Morgan fingerprint density at radius 1 is 1.24 bits per heavy atom. The number of nitrogens with one attached hydrogen (secondary N) is 2. The van der Waals surface area contributed by atoms with Gasteiger partial charge in [-0.05, 0) is 33.1 Å². The summed E-state index contributed by atoms with van der Waals surface area (Å²) in [6.07, 6.45) is 0.808. The van der Waals surface area contributed by atoms with Gasteiger partial charge in [0.1, 0.15) is 6.04 Å². The number of hydrogen-bond acceptors (Lipinski definition) is 4. The first-order valence-corrected chi connectivity index (χ1v) is 6.32. The van der Waals surface area contributed by atoms with Crippen molar-refractivity contribution >= 4 is 5.97 Å². The van der Waals surface area contributed by atoms with Crippen molar-refractivity contribution in [3.05, 3.63) is 0 Å². The first-order valence-electron chi connectivity index (χ1n) is 6.32. The summed E-state index contributed by atoms with van der Waals surface area (Å²) in [5.41, 5.74) is 0.112. The topological polar surface area (TPSA) is 50.4 Å². The van der Waals surface area contributed by atoms with E-state index in [4.69, 9.17) is 4.74 Å². The summed E-state index contributed by atoms with van der Waals surface area (Å²) < 4.78 is 4.79. The third kappa shape index (κ3) is 9.12. The first-order chi connectivity index (χ1) is 7.76. The molecule has 0 aliphatic rings. The van der Waals surface area contributed by atoms with Crippen LogP contribution in [0.3, 0.4) is 0 Å². The molecule has 0 aromatic heterocycles. The highest BCUT2D eigenvalue weighted by Gasteiger charge is 2.19. The molecule has 0 saturated heterocycles. The van der Waals surface area contributed by atoms with E-state index in [0.29, 0.717) is 5.92 Å². The fourth-order valence-corrected chi connectivity index (χ4v) is 1.56. The third-order valence-electron chi connectivity index (χ3n) is 2.36. The Labute approximate surface area is 105 Å². The van der Waals surface area contributed by atoms with E-state index < -0.39 is 0 Å². The van der Waals surface area contributed by atoms with Crippen LogP contribution in [0, 0.1) is 5.92 Å². The normalized spacial score (nSPS) is 13.8. The minimum atomic E-state index is -0.193. The zero-order valence-electron chi connectivity index (χ0n) is 12.1.